The van der Waals surface area contributed by atoms with Crippen LogP contribution in [0.1, 0.15) is 49.3 Å². The van der Waals surface area contributed by atoms with E-state index in [1.807, 2.05) is 13.0 Å². The van der Waals surface area contributed by atoms with Crippen LogP contribution in [0, 0.1) is 11.6 Å². The number of fused-ring (bicyclic) bond motifs is 2. The second-order valence-electron chi connectivity index (χ2n) is 10.8. The molecule has 1 amide bonds. The maximum atomic E-state index is 14.1. The SMILES string of the molecule is CCC1=NC(c2ccc(F)cc2)(c2ccc(F)cc2)C(=O)N1CCCN1CCC2(CC1)COc1ccccc12. The van der Waals surface area contributed by atoms with E-state index in [1.54, 1.807) is 29.2 Å². The van der Waals surface area contributed by atoms with E-state index in [9.17, 15) is 13.6 Å². The van der Waals surface area contributed by atoms with Crippen LogP contribution in [0.4, 0.5) is 8.78 Å². The number of amidine groups is 1. The summed E-state index contributed by atoms with van der Waals surface area (Å²) in [5.41, 5.74) is 1.27. The zero-order chi connectivity index (χ0) is 27.0. The van der Waals surface area contributed by atoms with Gasteiger partial charge in [0.05, 0.1) is 6.61 Å². The van der Waals surface area contributed by atoms with Crippen LogP contribution < -0.4 is 4.74 Å². The molecule has 0 saturated carbocycles. The normalized spacial score (nSPS) is 19.7. The maximum absolute atomic E-state index is 14.1. The highest BCUT2D eigenvalue weighted by Crippen LogP contribution is 2.45. The minimum Gasteiger partial charge on any atom is -0.492 e. The number of para-hydroxylation sites is 1. The Hall–Kier alpha value is -3.58. The molecule has 3 aromatic carbocycles. The number of halogens is 2. The maximum Gasteiger partial charge on any atom is 0.265 e. The van der Waals surface area contributed by atoms with Crippen molar-refractivity contribution in [2.75, 3.05) is 32.8 Å². The first-order chi connectivity index (χ1) is 18.9. The van der Waals surface area contributed by atoms with E-state index in [4.69, 9.17) is 9.73 Å². The minimum absolute atomic E-state index is 0.115. The minimum atomic E-state index is -1.35. The Balaban J connectivity index is 1.16. The molecule has 1 fully saturated rings. The number of carbonyl (C=O) groups excluding carboxylic acids is 1. The average molecular weight is 530 g/mol. The van der Waals surface area contributed by atoms with E-state index in [-0.39, 0.29) is 23.0 Å². The smallest absolute Gasteiger partial charge is 0.265 e. The number of hydrogen-bond donors (Lipinski definition) is 0. The highest BCUT2D eigenvalue weighted by atomic mass is 19.1. The van der Waals surface area contributed by atoms with Crippen LogP contribution in [0.3, 0.4) is 0 Å². The molecule has 6 rings (SSSR count). The Kier molecular flexibility index (Phi) is 6.71. The molecule has 0 radical (unpaired) electrons. The number of piperidine rings is 1. The van der Waals surface area contributed by atoms with Crippen LogP contribution >= 0.6 is 0 Å². The highest BCUT2D eigenvalue weighted by Gasteiger charge is 2.50. The summed E-state index contributed by atoms with van der Waals surface area (Å²) >= 11 is 0. The molecule has 3 aromatic rings. The van der Waals surface area contributed by atoms with Crippen molar-refractivity contribution >= 4 is 11.7 Å². The van der Waals surface area contributed by atoms with Gasteiger partial charge in [-0.25, -0.2) is 13.8 Å². The number of carbonyl (C=O) groups is 1. The molecule has 0 bridgehead atoms. The van der Waals surface area contributed by atoms with Crippen LogP contribution in [-0.2, 0) is 15.7 Å². The van der Waals surface area contributed by atoms with Gasteiger partial charge < -0.3 is 9.64 Å². The molecule has 1 spiro atoms. The van der Waals surface area contributed by atoms with Crippen LogP contribution in [0.5, 0.6) is 5.75 Å². The Morgan fingerprint density at radius 3 is 2.10 bits per heavy atom. The molecule has 5 nitrogen and oxygen atoms in total. The average Bonchev–Trinajstić information content (AvgIpc) is 3.46. The predicted molar refractivity (Wildman–Crippen MR) is 147 cm³/mol. The highest BCUT2D eigenvalue weighted by molar-refractivity contribution is 6.10. The fraction of sp³-hybridized carbons (Fsp3) is 0.375. The molecule has 1 saturated heterocycles. The van der Waals surface area contributed by atoms with E-state index >= 15 is 0 Å². The molecule has 0 atom stereocenters. The van der Waals surface area contributed by atoms with E-state index in [1.165, 1.54) is 29.8 Å². The molecule has 7 heteroatoms. The lowest BCUT2D eigenvalue weighted by Crippen LogP contribution is -2.45. The Labute approximate surface area is 228 Å². The van der Waals surface area contributed by atoms with Gasteiger partial charge in [0.2, 0.25) is 0 Å². The van der Waals surface area contributed by atoms with Crippen LogP contribution in [0.25, 0.3) is 0 Å². The standard InChI is InChI=1S/C32H33F2N3O2/c1-2-29-35-32(23-8-12-25(33)13-9-23,24-10-14-26(34)15-11-24)30(38)37(29)19-5-18-36-20-16-31(17-21-36)22-39-28-7-4-3-6-27(28)31/h3-4,6-15H,2,5,16-22H2,1H3. The number of ether oxygens (including phenoxy) is 1. The van der Waals surface area contributed by atoms with Crippen LogP contribution in [0.15, 0.2) is 77.8 Å². The Morgan fingerprint density at radius 1 is 0.872 bits per heavy atom. The van der Waals surface area contributed by atoms with Crippen molar-refractivity contribution in [2.45, 2.75) is 43.6 Å². The molecule has 202 valence electrons. The van der Waals surface area contributed by atoms with Gasteiger partial charge in [-0.3, -0.25) is 9.69 Å². The van der Waals surface area contributed by atoms with Gasteiger partial charge in [-0.05, 0) is 80.4 Å². The quantitative estimate of drug-likeness (QED) is 0.396. The fourth-order valence-electron chi connectivity index (χ4n) is 6.43. The van der Waals surface area contributed by atoms with Gasteiger partial charge in [0.1, 0.15) is 23.2 Å². The summed E-state index contributed by atoms with van der Waals surface area (Å²) in [6, 6.07) is 20.2. The first-order valence-electron chi connectivity index (χ1n) is 13.8. The lowest BCUT2D eigenvalue weighted by Gasteiger charge is -2.38. The number of likely N-dealkylation sites (tertiary alicyclic amines) is 1. The van der Waals surface area contributed by atoms with Crippen LogP contribution in [0.2, 0.25) is 0 Å². The third kappa shape index (κ3) is 4.42. The zero-order valence-electron chi connectivity index (χ0n) is 22.2. The second kappa shape index (κ2) is 10.2. The molecule has 0 unspecified atom stereocenters. The van der Waals surface area contributed by atoms with Gasteiger partial charge in [-0.1, -0.05) is 49.4 Å². The Bertz CT molecular complexity index is 1330. The molecule has 0 aliphatic carbocycles. The molecule has 3 heterocycles. The Morgan fingerprint density at radius 2 is 1.49 bits per heavy atom. The largest absolute Gasteiger partial charge is 0.492 e. The third-order valence-corrected chi connectivity index (χ3v) is 8.63. The van der Waals surface area contributed by atoms with E-state index in [0.29, 0.717) is 29.9 Å². The van der Waals surface area contributed by atoms with Gasteiger partial charge in [0.15, 0.2) is 5.54 Å². The predicted octanol–water partition coefficient (Wildman–Crippen LogP) is 5.68. The van der Waals surface area contributed by atoms with Crippen molar-refractivity contribution in [3.05, 3.63) is 101 Å². The number of aliphatic imine (C=N–C) groups is 1. The summed E-state index contributed by atoms with van der Waals surface area (Å²) in [5.74, 6) is 0.786. The van der Waals surface area contributed by atoms with Gasteiger partial charge in [0, 0.05) is 23.9 Å². The van der Waals surface area contributed by atoms with E-state index < -0.39 is 5.54 Å². The van der Waals surface area contributed by atoms with Gasteiger partial charge in [0.25, 0.3) is 5.91 Å². The molecular formula is C32H33F2N3O2. The monoisotopic (exact) mass is 529 g/mol. The molecule has 39 heavy (non-hydrogen) atoms. The molecule has 3 aliphatic rings. The fourth-order valence-corrected chi connectivity index (χ4v) is 6.43. The topological polar surface area (TPSA) is 45.1 Å². The first-order valence-corrected chi connectivity index (χ1v) is 13.8. The van der Waals surface area contributed by atoms with Crippen molar-refractivity contribution < 1.29 is 18.3 Å². The first kappa shape index (κ1) is 25.7. The number of amides is 1. The molecular weight excluding hydrogens is 496 g/mol. The number of benzene rings is 3. The summed E-state index contributed by atoms with van der Waals surface area (Å²) in [7, 11) is 0. The number of hydrogen-bond acceptors (Lipinski definition) is 4. The number of rotatable bonds is 7. The van der Waals surface area contributed by atoms with Gasteiger partial charge in [-0.15, -0.1) is 0 Å². The summed E-state index contributed by atoms with van der Waals surface area (Å²) in [4.78, 5) is 23.3. The lowest BCUT2D eigenvalue weighted by molar-refractivity contribution is -0.130. The second-order valence-corrected chi connectivity index (χ2v) is 10.8. The lowest BCUT2D eigenvalue weighted by atomic mass is 9.74. The van der Waals surface area contributed by atoms with Crippen molar-refractivity contribution in [1.29, 1.82) is 0 Å². The van der Waals surface area contributed by atoms with Crippen molar-refractivity contribution in [2.24, 2.45) is 4.99 Å². The summed E-state index contributed by atoms with van der Waals surface area (Å²) in [5, 5.41) is 0. The van der Waals surface area contributed by atoms with Crippen molar-refractivity contribution in [1.82, 2.24) is 9.80 Å². The molecule has 0 N–H and O–H groups in total. The summed E-state index contributed by atoms with van der Waals surface area (Å²) in [6.45, 7) is 6.16. The van der Waals surface area contributed by atoms with Crippen molar-refractivity contribution in [3.8, 4) is 5.75 Å². The van der Waals surface area contributed by atoms with Crippen molar-refractivity contribution in [3.63, 3.8) is 0 Å². The zero-order valence-corrected chi connectivity index (χ0v) is 22.2. The summed E-state index contributed by atoms with van der Waals surface area (Å²) in [6.07, 6.45) is 3.52. The molecule has 0 aromatic heterocycles. The summed E-state index contributed by atoms with van der Waals surface area (Å²) < 4.78 is 33.6. The van der Waals surface area contributed by atoms with Gasteiger partial charge >= 0.3 is 0 Å². The van der Waals surface area contributed by atoms with Gasteiger partial charge in [-0.2, -0.15) is 0 Å². The van der Waals surface area contributed by atoms with Crippen LogP contribution in [-0.4, -0.2) is 54.3 Å². The molecule has 3 aliphatic heterocycles. The van der Waals surface area contributed by atoms with E-state index in [0.717, 1.165) is 51.3 Å². The van der Waals surface area contributed by atoms with E-state index in [2.05, 4.69) is 23.1 Å². The number of nitrogens with zero attached hydrogens (tertiary/aromatic N) is 3. The third-order valence-electron chi connectivity index (χ3n) is 8.63.